The fourth-order valence-corrected chi connectivity index (χ4v) is 8.23. The van der Waals surface area contributed by atoms with E-state index in [4.69, 9.17) is 0 Å². The second-order valence-electron chi connectivity index (χ2n) is 11.5. The lowest BCUT2D eigenvalue weighted by atomic mass is 9.45. The number of nitrogens with one attached hydrogen (secondary N) is 1. The van der Waals surface area contributed by atoms with Gasteiger partial charge in [0.15, 0.2) is 0 Å². The van der Waals surface area contributed by atoms with Gasteiger partial charge in [0.05, 0.1) is 5.60 Å². The lowest BCUT2D eigenvalue weighted by Crippen LogP contribution is -2.69. The van der Waals surface area contributed by atoms with E-state index in [1.165, 1.54) is 64.3 Å². The van der Waals surface area contributed by atoms with Gasteiger partial charge in [-0.2, -0.15) is 0 Å². The van der Waals surface area contributed by atoms with Crippen LogP contribution in [0.2, 0.25) is 0 Å². The maximum Gasteiger partial charge on any atom is 0.0622 e. The summed E-state index contributed by atoms with van der Waals surface area (Å²) >= 11 is 0. The predicted molar refractivity (Wildman–Crippen MR) is 119 cm³/mol. The molecule has 3 rings (SSSR count). The van der Waals surface area contributed by atoms with Gasteiger partial charge in [0.2, 0.25) is 0 Å². The molecule has 0 aromatic carbocycles. The highest BCUT2D eigenvalue weighted by Crippen LogP contribution is 2.62. The third kappa shape index (κ3) is 3.93. The Kier molecular flexibility index (Phi) is 6.89. The van der Waals surface area contributed by atoms with Crippen LogP contribution in [0.4, 0.5) is 0 Å². The summed E-state index contributed by atoms with van der Waals surface area (Å²) in [7, 11) is 6.88. The average molecular weight is 393 g/mol. The molecule has 3 heteroatoms. The molecule has 0 aromatic rings. The Bertz CT molecular complexity index is 517. The SMILES string of the molecule is CNC[C@H]1CCC[C@@]2(N(C)C)[C@H](CC[C@H]3CCC[C@@](C)(O)C3)C(C)CC[C@]12C. The zero-order chi connectivity index (χ0) is 20.6. The molecule has 1 unspecified atom stereocenters. The minimum absolute atomic E-state index is 0.335. The minimum Gasteiger partial charge on any atom is -0.390 e. The molecule has 3 nitrogen and oxygen atoms in total. The first-order chi connectivity index (χ1) is 13.2. The molecule has 164 valence electrons. The van der Waals surface area contributed by atoms with Crippen LogP contribution < -0.4 is 5.32 Å². The van der Waals surface area contributed by atoms with Crippen LogP contribution in [0.25, 0.3) is 0 Å². The summed E-state index contributed by atoms with van der Waals surface area (Å²) in [4.78, 5) is 2.66. The average Bonchev–Trinajstić information content (AvgIpc) is 2.61. The molecular weight excluding hydrogens is 344 g/mol. The van der Waals surface area contributed by atoms with Crippen LogP contribution in [0.5, 0.6) is 0 Å². The van der Waals surface area contributed by atoms with Gasteiger partial charge in [0.25, 0.3) is 0 Å². The Balaban J connectivity index is 1.83. The molecular formula is C25H48N2O. The van der Waals surface area contributed by atoms with Crippen molar-refractivity contribution in [3.63, 3.8) is 0 Å². The lowest BCUT2D eigenvalue weighted by Gasteiger charge is -2.67. The van der Waals surface area contributed by atoms with Crippen LogP contribution >= 0.6 is 0 Å². The summed E-state index contributed by atoms with van der Waals surface area (Å²) in [5, 5.41) is 14.1. The van der Waals surface area contributed by atoms with E-state index >= 15 is 0 Å². The van der Waals surface area contributed by atoms with E-state index in [0.717, 1.165) is 36.5 Å². The van der Waals surface area contributed by atoms with Gasteiger partial charge in [0.1, 0.15) is 0 Å². The van der Waals surface area contributed by atoms with Crippen LogP contribution in [-0.4, -0.2) is 48.8 Å². The fraction of sp³-hybridized carbons (Fsp3) is 1.00. The number of fused-ring (bicyclic) bond motifs is 1. The van der Waals surface area contributed by atoms with Crippen LogP contribution in [0.1, 0.15) is 91.4 Å². The summed E-state index contributed by atoms with van der Waals surface area (Å²) in [6, 6.07) is 0. The summed E-state index contributed by atoms with van der Waals surface area (Å²) in [6.07, 6.45) is 14.1. The second kappa shape index (κ2) is 8.55. The van der Waals surface area contributed by atoms with Crippen molar-refractivity contribution < 1.29 is 5.11 Å². The van der Waals surface area contributed by atoms with Gasteiger partial charge >= 0.3 is 0 Å². The van der Waals surface area contributed by atoms with Gasteiger partial charge in [0, 0.05) is 5.54 Å². The summed E-state index contributed by atoms with van der Waals surface area (Å²) in [6.45, 7) is 8.40. The highest BCUT2D eigenvalue weighted by molar-refractivity contribution is 5.14. The molecule has 0 saturated heterocycles. The van der Waals surface area contributed by atoms with Crippen molar-refractivity contribution in [3.05, 3.63) is 0 Å². The van der Waals surface area contributed by atoms with Crippen molar-refractivity contribution in [3.8, 4) is 0 Å². The maximum absolute atomic E-state index is 10.6. The first-order valence-electron chi connectivity index (χ1n) is 12.2. The fourth-order valence-electron chi connectivity index (χ4n) is 8.23. The van der Waals surface area contributed by atoms with Gasteiger partial charge in [-0.3, -0.25) is 0 Å². The van der Waals surface area contributed by atoms with Crippen LogP contribution in [0, 0.1) is 29.1 Å². The maximum atomic E-state index is 10.6. The van der Waals surface area contributed by atoms with Crippen molar-refractivity contribution in [1.82, 2.24) is 10.2 Å². The summed E-state index contributed by atoms with van der Waals surface area (Å²) < 4.78 is 0. The minimum atomic E-state index is -0.419. The zero-order valence-corrected chi connectivity index (χ0v) is 19.7. The van der Waals surface area contributed by atoms with E-state index in [1.54, 1.807) is 0 Å². The summed E-state index contributed by atoms with van der Waals surface area (Å²) in [5.74, 6) is 3.11. The molecule has 3 aliphatic rings. The van der Waals surface area contributed by atoms with Gasteiger partial charge < -0.3 is 15.3 Å². The number of aliphatic hydroxyl groups is 1. The number of nitrogens with zero attached hydrogens (tertiary/aromatic N) is 1. The lowest BCUT2D eigenvalue weighted by molar-refractivity contribution is -0.156. The molecule has 0 heterocycles. The van der Waals surface area contributed by atoms with Gasteiger partial charge in [-0.05, 0) is 115 Å². The Hall–Kier alpha value is -0.120. The van der Waals surface area contributed by atoms with Crippen molar-refractivity contribution >= 4 is 0 Å². The Labute approximate surface area is 175 Å². The van der Waals surface area contributed by atoms with E-state index < -0.39 is 5.60 Å². The normalized spacial score (nSPS) is 47.1. The van der Waals surface area contributed by atoms with Gasteiger partial charge in [-0.15, -0.1) is 0 Å². The third-order valence-electron chi connectivity index (χ3n) is 9.61. The van der Waals surface area contributed by atoms with Gasteiger partial charge in [-0.1, -0.05) is 33.1 Å². The second-order valence-corrected chi connectivity index (χ2v) is 11.5. The zero-order valence-electron chi connectivity index (χ0n) is 19.7. The molecule has 2 N–H and O–H groups in total. The quantitative estimate of drug-likeness (QED) is 0.661. The molecule has 0 bridgehead atoms. The molecule has 0 amide bonds. The van der Waals surface area contributed by atoms with Crippen molar-refractivity contribution in [2.24, 2.45) is 29.1 Å². The molecule has 3 saturated carbocycles. The Morgan fingerprint density at radius 2 is 1.71 bits per heavy atom. The molecule has 28 heavy (non-hydrogen) atoms. The van der Waals surface area contributed by atoms with E-state index in [2.05, 4.69) is 52.1 Å². The largest absolute Gasteiger partial charge is 0.390 e. The first kappa shape index (κ1) is 22.6. The Morgan fingerprint density at radius 3 is 2.36 bits per heavy atom. The van der Waals surface area contributed by atoms with E-state index in [1.807, 2.05) is 0 Å². The predicted octanol–water partition coefficient (Wildman–Crippen LogP) is 5.08. The third-order valence-corrected chi connectivity index (χ3v) is 9.61. The summed E-state index contributed by atoms with van der Waals surface area (Å²) in [5.41, 5.74) is 0.326. The number of hydrogen-bond donors (Lipinski definition) is 2. The molecule has 0 aliphatic heterocycles. The van der Waals surface area contributed by atoms with E-state index in [0.29, 0.717) is 11.0 Å². The molecule has 0 spiro atoms. The molecule has 0 radical (unpaired) electrons. The van der Waals surface area contributed by atoms with Crippen LogP contribution in [-0.2, 0) is 0 Å². The van der Waals surface area contributed by atoms with Crippen LogP contribution in [0.3, 0.4) is 0 Å². The highest BCUT2D eigenvalue weighted by atomic mass is 16.3. The molecule has 7 atom stereocenters. The van der Waals surface area contributed by atoms with Crippen molar-refractivity contribution in [1.29, 1.82) is 0 Å². The monoisotopic (exact) mass is 392 g/mol. The van der Waals surface area contributed by atoms with E-state index in [9.17, 15) is 5.11 Å². The first-order valence-corrected chi connectivity index (χ1v) is 12.2. The van der Waals surface area contributed by atoms with E-state index in [-0.39, 0.29) is 0 Å². The van der Waals surface area contributed by atoms with Crippen LogP contribution in [0.15, 0.2) is 0 Å². The highest BCUT2D eigenvalue weighted by Gasteiger charge is 2.61. The number of rotatable bonds is 6. The molecule has 3 aliphatic carbocycles. The van der Waals surface area contributed by atoms with Crippen molar-refractivity contribution in [2.45, 2.75) is 103 Å². The standard InChI is InChI=1S/C25H48N2O/c1-19-13-16-24(3)21(18-26-4)10-8-15-25(24,27(5)6)22(19)12-11-20-9-7-14-23(2,28)17-20/h19-22,26,28H,7-18H2,1-6H3/t19?,20-,21-,22-,23-,24-,25-/m1/s1. The topological polar surface area (TPSA) is 35.5 Å². The smallest absolute Gasteiger partial charge is 0.0622 e. The van der Waals surface area contributed by atoms with Crippen molar-refractivity contribution in [2.75, 3.05) is 27.7 Å². The number of hydrogen-bond acceptors (Lipinski definition) is 3. The molecule has 0 aromatic heterocycles. The van der Waals surface area contributed by atoms with Gasteiger partial charge in [-0.25, -0.2) is 0 Å². The molecule has 3 fully saturated rings. The Morgan fingerprint density at radius 1 is 1.00 bits per heavy atom.